The van der Waals surface area contributed by atoms with Gasteiger partial charge in [0.1, 0.15) is 24.4 Å². The number of carbonyl (C=O) groups is 3. The maximum Gasteiger partial charge on any atom is 0.405 e. The fraction of sp³-hybridized carbons (Fsp3) is 0.444. The van der Waals surface area contributed by atoms with Crippen molar-refractivity contribution in [2.75, 3.05) is 13.7 Å². The number of carbonyl (C=O) groups excluding carboxylic acids is 3. The van der Waals surface area contributed by atoms with Crippen molar-refractivity contribution >= 4 is 41.7 Å². The number of rotatable bonds is 13. The first-order valence-corrected chi connectivity index (χ1v) is 13.0. The minimum Gasteiger partial charge on any atom is -0.497 e. The molecule has 2 rings (SSSR count). The number of aliphatic hydroxyl groups excluding tert-OH is 1. The van der Waals surface area contributed by atoms with Gasteiger partial charge in [-0.15, -0.1) is 12.4 Å². The van der Waals surface area contributed by atoms with Crippen LogP contribution in [-0.2, 0) is 20.8 Å². The van der Waals surface area contributed by atoms with Gasteiger partial charge in [0.25, 0.3) is 5.91 Å². The molecule has 0 bridgehead atoms. The van der Waals surface area contributed by atoms with Crippen molar-refractivity contribution in [3.63, 3.8) is 0 Å². The number of alkyl halides is 5. The number of ether oxygens (including phenoxy) is 1. The van der Waals surface area contributed by atoms with Crippen molar-refractivity contribution in [1.82, 2.24) is 16.0 Å². The second kappa shape index (κ2) is 16.0. The summed E-state index contributed by atoms with van der Waals surface area (Å²) in [6.07, 6.45) is -7.86. The predicted octanol–water partition coefficient (Wildman–Crippen LogP) is 3.31. The van der Waals surface area contributed by atoms with Gasteiger partial charge in [0, 0.05) is 5.02 Å². The fourth-order valence-electron chi connectivity index (χ4n) is 3.87. The highest BCUT2D eigenvalue weighted by molar-refractivity contribution is 6.30. The molecule has 0 spiro atoms. The van der Waals surface area contributed by atoms with Crippen LogP contribution in [0.5, 0.6) is 5.75 Å². The first-order chi connectivity index (χ1) is 19.5. The van der Waals surface area contributed by atoms with E-state index in [0.717, 1.165) is 5.32 Å². The standard InChI is InChI=1S/C27H32ClF5N4O5.ClH/c1-14(2)20(22(38)27(32,33)25(41)35-13-26(29,30)31)36-24(40)21(16-7-9-18(42-3)10-8-16)37-23(39)19(34)12-15-5-4-6-17(28)11-15;/h4-11,14,19-22,38H,12-13,34H2,1-3H3,(H,35,41)(H,36,40)(H,37,39);1H/t19-,20-,21-,22+;/m0./s1. The van der Waals surface area contributed by atoms with Crippen molar-refractivity contribution in [1.29, 1.82) is 0 Å². The van der Waals surface area contributed by atoms with Gasteiger partial charge in [-0.1, -0.05) is 49.7 Å². The molecule has 0 aliphatic carbocycles. The van der Waals surface area contributed by atoms with Crippen LogP contribution in [0, 0.1) is 5.92 Å². The van der Waals surface area contributed by atoms with Crippen molar-refractivity contribution in [3.8, 4) is 5.75 Å². The van der Waals surface area contributed by atoms with E-state index in [0.29, 0.717) is 16.3 Å². The highest BCUT2D eigenvalue weighted by Crippen LogP contribution is 2.27. The van der Waals surface area contributed by atoms with Crippen LogP contribution >= 0.6 is 24.0 Å². The Kier molecular flexibility index (Phi) is 14.1. The zero-order valence-electron chi connectivity index (χ0n) is 23.3. The molecule has 0 radical (unpaired) electrons. The lowest BCUT2D eigenvalue weighted by Gasteiger charge is -2.33. The van der Waals surface area contributed by atoms with E-state index < -0.39 is 66.5 Å². The molecule has 2 aromatic carbocycles. The number of methoxy groups -OCH3 is 1. The van der Waals surface area contributed by atoms with Gasteiger partial charge in [0.2, 0.25) is 11.8 Å². The Labute approximate surface area is 256 Å². The lowest BCUT2D eigenvalue weighted by atomic mass is 9.93. The third kappa shape index (κ3) is 11.1. The Bertz CT molecular complexity index is 1230. The molecule has 0 saturated heterocycles. The average molecular weight is 659 g/mol. The number of nitrogens with one attached hydrogen (secondary N) is 3. The van der Waals surface area contributed by atoms with Crippen molar-refractivity contribution in [3.05, 3.63) is 64.7 Å². The molecule has 0 aliphatic rings. The molecule has 3 amide bonds. The van der Waals surface area contributed by atoms with Crippen LogP contribution in [0.2, 0.25) is 5.02 Å². The van der Waals surface area contributed by atoms with Gasteiger partial charge < -0.3 is 31.5 Å². The van der Waals surface area contributed by atoms with Gasteiger partial charge in [-0.2, -0.15) is 22.0 Å². The average Bonchev–Trinajstić information content (AvgIpc) is 2.92. The number of hydrogen-bond donors (Lipinski definition) is 5. The summed E-state index contributed by atoms with van der Waals surface area (Å²) in [5, 5.41) is 16.5. The summed E-state index contributed by atoms with van der Waals surface area (Å²) in [5.74, 6) is -9.48. The Morgan fingerprint density at radius 3 is 2.12 bits per heavy atom. The summed E-state index contributed by atoms with van der Waals surface area (Å²) in [5.41, 5.74) is 6.86. The van der Waals surface area contributed by atoms with E-state index in [2.05, 4.69) is 10.6 Å². The number of aliphatic hydroxyl groups is 1. The number of benzene rings is 2. The van der Waals surface area contributed by atoms with Gasteiger partial charge >= 0.3 is 12.1 Å². The third-order valence-electron chi connectivity index (χ3n) is 6.17. The topological polar surface area (TPSA) is 143 Å². The third-order valence-corrected chi connectivity index (χ3v) is 6.41. The van der Waals surface area contributed by atoms with E-state index in [1.165, 1.54) is 45.2 Å². The largest absolute Gasteiger partial charge is 0.497 e. The van der Waals surface area contributed by atoms with Crippen molar-refractivity contribution < 1.29 is 46.2 Å². The van der Waals surface area contributed by atoms with Crippen LogP contribution in [0.1, 0.15) is 31.0 Å². The molecule has 0 fully saturated rings. The van der Waals surface area contributed by atoms with Gasteiger partial charge in [0.15, 0.2) is 0 Å². The maximum absolute atomic E-state index is 14.7. The van der Waals surface area contributed by atoms with E-state index in [4.69, 9.17) is 22.1 Å². The molecule has 0 unspecified atom stereocenters. The van der Waals surface area contributed by atoms with Crippen LogP contribution in [-0.4, -0.2) is 66.8 Å². The molecule has 0 aliphatic heterocycles. The molecule has 0 saturated carbocycles. The molecule has 16 heteroatoms. The monoisotopic (exact) mass is 658 g/mol. The van der Waals surface area contributed by atoms with E-state index in [1.807, 2.05) is 0 Å². The summed E-state index contributed by atoms with van der Waals surface area (Å²) in [6, 6.07) is 7.85. The molecular formula is C27H33Cl2F5N4O5. The zero-order valence-corrected chi connectivity index (χ0v) is 24.8. The lowest BCUT2D eigenvalue weighted by molar-refractivity contribution is -0.175. The quantitative estimate of drug-likeness (QED) is 0.209. The summed E-state index contributed by atoms with van der Waals surface area (Å²) in [6.45, 7) is 0.618. The minimum absolute atomic E-state index is 0. The van der Waals surface area contributed by atoms with Gasteiger partial charge in [-0.05, 0) is 47.7 Å². The lowest BCUT2D eigenvalue weighted by Crippen LogP contribution is -2.60. The highest BCUT2D eigenvalue weighted by atomic mass is 35.5. The van der Waals surface area contributed by atoms with E-state index in [1.54, 1.807) is 24.3 Å². The van der Waals surface area contributed by atoms with Gasteiger partial charge in [0.05, 0.1) is 19.2 Å². The number of halogens is 7. The molecule has 0 heterocycles. The van der Waals surface area contributed by atoms with Gasteiger partial charge in [-0.25, -0.2) is 0 Å². The molecule has 4 atom stereocenters. The van der Waals surface area contributed by atoms with E-state index >= 15 is 0 Å². The Morgan fingerprint density at radius 2 is 1.60 bits per heavy atom. The van der Waals surface area contributed by atoms with Crippen molar-refractivity contribution in [2.24, 2.45) is 11.7 Å². The summed E-state index contributed by atoms with van der Waals surface area (Å²) in [4.78, 5) is 38.3. The van der Waals surface area contributed by atoms with Gasteiger partial charge in [-0.3, -0.25) is 14.4 Å². The SMILES string of the molecule is COc1ccc([C@H](NC(=O)[C@@H](N)Cc2cccc(Cl)c2)C(=O)N[C@@H](C(C)C)[C@@H](O)C(F)(F)C(=O)NCC(F)(F)F)cc1.Cl. The van der Waals surface area contributed by atoms with Crippen LogP contribution in [0.3, 0.4) is 0 Å². The van der Waals surface area contributed by atoms with Crippen LogP contribution < -0.4 is 26.4 Å². The molecular weight excluding hydrogens is 626 g/mol. The smallest absolute Gasteiger partial charge is 0.405 e. The van der Waals surface area contributed by atoms with Crippen LogP contribution in [0.25, 0.3) is 0 Å². The summed E-state index contributed by atoms with van der Waals surface area (Å²) < 4.78 is 71.8. The Morgan fingerprint density at radius 1 is 1.00 bits per heavy atom. The Hall–Kier alpha value is -3.20. The highest BCUT2D eigenvalue weighted by Gasteiger charge is 2.52. The molecule has 9 nitrogen and oxygen atoms in total. The number of hydrogen-bond acceptors (Lipinski definition) is 6. The molecule has 6 N–H and O–H groups in total. The minimum atomic E-state index is -4.97. The van der Waals surface area contributed by atoms with Crippen molar-refractivity contribution in [2.45, 2.75) is 56.6 Å². The normalized spacial score (nSPS) is 14.5. The summed E-state index contributed by atoms with van der Waals surface area (Å²) >= 11 is 5.97. The molecule has 240 valence electrons. The van der Waals surface area contributed by atoms with E-state index in [9.17, 15) is 41.4 Å². The first kappa shape index (κ1) is 37.8. The second-order valence-corrected chi connectivity index (χ2v) is 10.2. The molecule has 0 aromatic heterocycles. The van der Waals surface area contributed by atoms with E-state index in [-0.39, 0.29) is 24.4 Å². The second-order valence-electron chi connectivity index (χ2n) is 9.80. The van der Waals surface area contributed by atoms with Crippen LogP contribution in [0.4, 0.5) is 22.0 Å². The summed E-state index contributed by atoms with van der Waals surface area (Å²) in [7, 11) is 1.40. The first-order valence-electron chi connectivity index (χ1n) is 12.6. The van der Waals surface area contributed by atoms with Crippen LogP contribution in [0.15, 0.2) is 48.5 Å². The molecule has 2 aromatic rings. The maximum atomic E-state index is 14.7. The zero-order chi connectivity index (χ0) is 31.8. The number of amides is 3. The Balaban J connectivity index is 0.00000924. The predicted molar refractivity (Wildman–Crippen MR) is 151 cm³/mol. The fourth-order valence-corrected chi connectivity index (χ4v) is 4.09. The molecule has 43 heavy (non-hydrogen) atoms. The number of nitrogens with two attached hydrogens (primary N) is 1.